The van der Waals surface area contributed by atoms with E-state index in [0.717, 1.165) is 136 Å². The number of fused-ring (bicyclic) bond motifs is 12. The summed E-state index contributed by atoms with van der Waals surface area (Å²) in [6.45, 7) is 9.32. The van der Waals surface area contributed by atoms with Gasteiger partial charge in [0.05, 0.1) is 34.4 Å². The van der Waals surface area contributed by atoms with Crippen molar-refractivity contribution in [2.24, 2.45) is 0 Å². The Balaban J connectivity index is 0.700. The lowest BCUT2D eigenvalue weighted by molar-refractivity contribution is 0.318. The molecule has 5 heterocycles. The minimum Gasteiger partial charge on any atom is -0.494 e. The summed E-state index contributed by atoms with van der Waals surface area (Å²) >= 11 is 0. The number of aromatic nitrogens is 4. The third-order valence-electron chi connectivity index (χ3n) is 17.2. The predicted octanol–water partition coefficient (Wildman–Crippen LogP) is 20.4. The molecule has 0 aliphatic heterocycles. The topological polar surface area (TPSA) is 63.2 Å². The fraction of sp³-hybridized carbons (Fsp3) is 0.104. The minimum absolute atomic E-state index is 0.683. The van der Waals surface area contributed by atoms with Gasteiger partial charge in [-0.05, 0) is 194 Å². The van der Waals surface area contributed by atoms with Crippen LogP contribution < -0.4 is 4.74 Å². The van der Waals surface area contributed by atoms with Crippen LogP contribution in [-0.4, -0.2) is 25.3 Å². The molecule has 7 heteroatoms. The van der Waals surface area contributed by atoms with E-state index >= 15 is 0 Å². The summed E-state index contributed by atoms with van der Waals surface area (Å²) in [5.74, 6) is 1.82. The Morgan fingerprint density at radius 1 is 0.405 bits per heavy atom. The van der Waals surface area contributed by atoms with Crippen LogP contribution in [0.15, 0.2) is 240 Å². The van der Waals surface area contributed by atoms with Crippen molar-refractivity contribution in [3.63, 3.8) is 0 Å². The van der Waals surface area contributed by atoms with Gasteiger partial charge in [0.2, 0.25) is 0 Å². The van der Waals surface area contributed by atoms with Crippen molar-refractivity contribution in [3.8, 4) is 56.5 Å². The first-order valence-electron chi connectivity index (χ1n) is 29.2. The third-order valence-corrected chi connectivity index (χ3v) is 17.2. The van der Waals surface area contributed by atoms with Crippen molar-refractivity contribution in [1.82, 2.24) is 18.7 Å². The summed E-state index contributed by atoms with van der Waals surface area (Å²) in [5, 5.41) is 9.25. The van der Waals surface area contributed by atoms with E-state index in [1.54, 1.807) is 0 Å². The van der Waals surface area contributed by atoms with Crippen LogP contribution in [0.5, 0.6) is 5.75 Å². The van der Waals surface area contributed by atoms with Crippen LogP contribution in [0.2, 0.25) is 0 Å². The van der Waals surface area contributed by atoms with Gasteiger partial charge in [0.1, 0.15) is 33.9 Å². The predicted molar refractivity (Wildman–Crippen MR) is 347 cm³/mol. The summed E-state index contributed by atoms with van der Waals surface area (Å²) in [7, 11) is 0. The highest BCUT2D eigenvalue weighted by molar-refractivity contribution is 6.13. The van der Waals surface area contributed by atoms with Gasteiger partial charge in [0, 0.05) is 72.4 Å². The first-order valence-corrected chi connectivity index (χ1v) is 29.2. The van der Waals surface area contributed by atoms with Gasteiger partial charge < -0.3 is 22.7 Å². The van der Waals surface area contributed by atoms with Gasteiger partial charge in [-0.15, -0.1) is 0 Å². The molecular weight excluding hydrogens is 1030 g/mol. The Hall–Kier alpha value is -10.4. The van der Waals surface area contributed by atoms with Crippen LogP contribution in [0, 0.1) is 20.8 Å². The normalized spacial score (nSPS) is 12.0. The fourth-order valence-electron chi connectivity index (χ4n) is 13.4. The van der Waals surface area contributed by atoms with Crippen LogP contribution in [0.25, 0.3) is 138 Å². The molecule has 5 aromatic heterocycles. The molecule has 84 heavy (non-hydrogen) atoms. The number of hydrogen-bond donors (Lipinski definition) is 0. The van der Waals surface area contributed by atoms with Crippen LogP contribution in [0.1, 0.15) is 41.2 Å². The lowest BCUT2D eigenvalue weighted by Crippen LogP contribution is -2.02. The molecule has 0 aliphatic carbocycles. The quantitative estimate of drug-likeness (QED) is 0.122. The van der Waals surface area contributed by atoms with Crippen molar-refractivity contribution in [3.05, 3.63) is 259 Å². The highest BCUT2D eigenvalue weighted by Gasteiger charge is 2.20. The Kier molecular flexibility index (Phi) is 11.6. The van der Waals surface area contributed by atoms with E-state index in [-0.39, 0.29) is 0 Å². The van der Waals surface area contributed by atoms with Gasteiger partial charge in [0.15, 0.2) is 0 Å². The van der Waals surface area contributed by atoms with E-state index in [1.165, 1.54) is 55.0 Å². The van der Waals surface area contributed by atoms with Crippen LogP contribution in [0.3, 0.4) is 0 Å². The Bertz CT molecular complexity index is 5270. The zero-order valence-electron chi connectivity index (χ0n) is 47.3. The summed E-state index contributed by atoms with van der Waals surface area (Å²) < 4.78 is 25.8. The molecule has 404 valence electrons. The summed E-state index contributed by atoms with van der Waals surface area (Å²) in [6, 6.07) is 79.7. The van der Waals surface area contributed by atoms with Crippen LogP contribution in [-0.2, 0) is 12.8 Å². The molecule has 16 rings (SSSR count). The monoisotopic (exact) mass is 1090 g/mol. The zero-order valence-corrected chi connectivity index (χ0v) is 47.3. The largest absolute Gasteiger partial charge is 0.494 e. The second-order valence-corrected chi connectivity index (χ2v) is 22.7. The zero-order chi connectivity index (χ0) is 56.2. The molecule has 7 nitrogen and oxygen atoms in total. The molecule has 0 fully saturated rings. The molecule has 16 aromatic rings. The van der Waals surface area contributed by atoms with Gasteiger partial charge in [-0.25, -0.2) is 4.98 Å². The van der Waals surface area contributed by atoms with Crippen molar-refractivity contribution in [2.75, 3.05) is 6.61 Å². The fourth-order valence-corrected chi connectivity index (χ4v) is 13.4. The van der Waals surface area contributed by atoms with Gasteiger partial charge in [-0.2, -0.15) is 0 Å². The third kappa shape index (κ3) is 8.21. The Morgan fingerprint density at radius 3 is 1.48 bits per heavy atom. The number of aryl methyl sites for hydroxylation is 5. The maximum atomic E-state index is 6.47. The van der Waals surface area contributed by atoms with Crippen molar-refractivity contribution >= 4 is 87.5 Å². The van der Waals surface area contributed by atoms with Gasteiger partial charge in [-0.1, -0.05) is 122 Å². The molecule has 11 aromatic carbocycles. The van der Waals surface area contributed by atoms with E-state index in [2.05, 4.69) is 254 Å². The highest BCUT2D eigenvalue weighted by atomic mass is 16.5. The Morgan fingerprint density at radius 2 is 0.881 bits per heavy atom. The molecule has 0 radical (unpaired) electrons. The van der Waals surface area contributed by atoms with Gasteiger partial charge in [-0.3, -0.25) is 4.57 Å². The molecule has 0 saturated heterocycles. The molecule has 0 unspecified atom stereocenters. The molecule has 0 atom stereocenters. The molecule has 0 N–H and O–H groups in total. The second-order valence-electron chi connectivity index (χ2n) is 22.7. The molecular formula is C77H58N4O3. The van der Waals surface area contributed by atoms with E-state index in [1.807, 2.05) is 18.3 Å². The van der Waals surface area contributed by atoms with E-state index in [0.29, 0.717) is 6.61 Å². The number of imidazole rings is 1. The van der Waals surface area contributed by atoms with E-state index in [4.69, 9.17) is 18.6 Å². The Labute approximate surface area is 485 Å². The SMILES string of the molecule is CCCOc1ccc2oc3ccc(-c4ccc5c(c4)c4ccccc4n5-c4cccc(-n5c6ccccc6c6cc(-c7ccc8oc9ccc(CCc%10ccc(-c%11nccn%11-c%11c(C)cc(C)cc%11C)cc%10)cc9c8c7)ccc65)c4)cc3c2c1. The highest BCUT2D eigenvalue weighted by Crippen LogP contribution is 2.41. The van der Waals surface area contributed by atoms with Crippen molar-refractivity contribution < 1.29 is 13.6 Å². The summed E-state index contributed by atoms with van der Waals surface area (Å²) in [5.41, 5.74) is 23.6. The number of benzene rings is 11. The average molecular weight is 1090 g/mol. The first kappa shape index (κ1) is 49.4. The molecule has 0 bridgehead atoms. The smallest absolute Gasteiger partial charge is 0.144 e. The van der Waals surface area contributed by atoms with Crippen LogP contribution in [0.4, 0.5) is 0 Å². The van der Waals surface area contributed by atoms with Crippen LogP contribution >= 0.6 is 0 Å². The van der Waals surface area contributed by atoms with Gasteiger partial charge >= 0.3 is 0 Å². The maximum Gasteiger partial charge on any atom is 0.144 e. The number of ether oxygens (including phenoxy) is 1. The minimum atomic E-state index is 0.683. The number of nitrogens with zero attached hydrogens (tertiary/aromatic N) is 4. The van der Waals surface area contributed by atoms with Gasteiger partial charge in [0.25, 0.3) is 0 Å². The molecule has 0 saturated carbocycles. The lowest BCUT2D eigenvalue weighted by atomic mass is 9.99. The van der Waals surface area contributed by atoms with E-state index < -0.39 is 0 Å². The van der Waals surface area contributed by atoms with Crippen molar-refractivity contribution in [2.45, 2.75) is 47.0 Å². The maximum absolute atomic E-state index is 6.47. The molecule has 0 amide bonds. The number of rotatable bonds is 12. The standard InChI is InChI=1S/C77H58N4O3/c1-5-37-82-59-28-34-75-67(46-59)66-44-56(27-33-74(66)84-75)54-25-30-71-63(42-54)61-14-7-9-16-69(61)81(71)58-12-10-11-57(45-58)80-68-15-8-6-13-60(68)62-41-53(24-29-70(62)80)55-26-32-73-65(43-55)64-40-51(21-31-72(64)83-73)18-17-50-19-22-52(23-20-50)77-78-35-36-79(77)76-48(3)38-47(2)39-49(76)4/h6-16,19-36,38-46H,5,17-18,37H2,1-4H3. The van der Waals surface area contributed by atoms with Crippen molar-refractivity contribution in [1.29, 1.82) is 0 Å². The lowest BCUT2D eigenvalue weighted by Gasteiger charge is -2.15. The summed E-state index contributed by atoms with van der Waals surface area (Å²) in [4.78, 5) is 4.80. The average Bonchev–Trinajstić information content (AvgIpc) is 3.89. The summed E-state index contributed by atoms with van der Waals surface area (Å²) in [6.07, 6.45) is 6.77. The number of furan rings is 2. The number of hydrogen-bond acceptors (Lipinski definition) is 4. The molecule has 0 spiro atoms. The second kappa shape index (κ2) is 19.7. The van der Waals surface area contributed by atoms with E-state index in [9.17, 15) is 0 Å². The number of para-hydroxylation sites is 2. The molecule has 0 aliphatic rings. The first-order chi connectivity index (χ1) is 41.3.